The lowest BCUT2D eigenvalue weighted by Crippen LogP contribution is -2.20. The molecule has 0 aromatic heterocycles. The summed E-state index contributed by atoms with van der Waals surface area (Å²) in [6.07, 6.45) is 0.875. The largest absolute Gasteiger partial charge is 0.493 e. The molecule has 0 fully saturated rings. The minimum atomic E-state index is 0.0823. The van der Waals surface area contributed by atoms with Gasteiger partial charge in [0.25, 0.3) is 0 Å². The molecule has 0 bridgehead atoms. The maximum atomic E-state index is 5.93. The van der Waals surface area contributed by atoms with Crippen LogP contribution < -0.4 is 15.2 Å². The molecule has 1 atom stereocenters. The van der Waals surface area contributed by atoms with Crippen LogP contribution in [0.25, 0.3) is 0 Å². The van der Waals surface area contributed by atoms with Crippen molar-refractivity contribution in [1.29, 1.82) is 0 Å². The second-order valence-electron chi connectivity index (χ2n) is 3.12. The summed E-state index contributed by atoms with van der Waals surface area (Å²) < 4.78 is 10.7. The van der Waals surface area contributed by atoms with Crippen LogP contribution in [0.4, 0.5) is 0 Å². The highest BCUT2D eigenvalue weighted by Gasteiger charge is 2.20. The monoisotopic (exact) mass is 179 g/mol. The molecule has 0 aliphatic carbocycles. The van der Waals surface area contributed by atoms with Crippen molar-refractivity contribution in [2.24, 2.45) is 5.73 Å². The van der Waals surface area contributed by atoms with Gasteiger partial charge in [0, 0.05) is 18.0 Å². The fourth-order valence-corrected chi connectivity index (χ4v) is 1.58. The number of nitrogens with two attached hydrogens (primary N) is 1. The standard InChI is InChI=1S/C10H13NO2/c1-12-9-4-2-3-7-8(11)5-6-13-10(7)9/h2-4,8H,5-6,11H2,1H3/t8-/m1/s1. The molecule has 1 heterocycles. The Morgan fingerprint density at radius 3 is 3.15 bits per heavy atom. The normalized spacial score (nSPS) is 20.3. The SMILES string of the molecule is COc1cccc2c1OCC[C@H]2N. The Labute approximate surface area is 77.5 Å². The van der Waals surface area contributed by atoms with E-state index in [-0.39, 0.29) is 6.04 Å². The Morgan fingerprint density at radius 1 is 1.54 bits per heavy atom. The molecule has 0 amide bonds. The van der Waals surface area contributed by atoms with Crippen LogP contribution in [0.5, 0.6) is 11.5 Å². The van der Waals surface area contributed by atoms with Crippen LogP contribution in [0, 0.1) is 0 Å². The number of para-hydroxylation sites is 1. The lowest BCUT2D eigenvalue weighted by molar-refractivity contribution is 0.253. The number of fused-ring (bicyclic) bond motifs is 1. The lowest BCUT2D eigenvalue weighted by Gasteiger charge is -2.24. The fraction of sp³-hybridized carbons (Fsp3) is 0.400. The number of ether oxygens (including phenoxy) is 2. The van der Waals surface area contributed by atoms with Gasteiger partial charge in [0.1, 0.15) is 0 Å². The average molecular weight is 179 g/mol. The number of hydrogen-bond acceptors (Lipinski definition) is 3. The highest BCUT2D eigenvalue weighted by molar-refractivity contribution is 5.48. The van der Waals surface area contributed by atoms with E-state index in [9.17, 15) is 0 Å². The summed E-state index contributed by atoms with van der Waals surface area (Å²) >= 11 is 0. The predicted octanol–water partition coefficient (Wildman–Crippen LogP) is 1.48. The van der Waals surface area contributed by atoms with Crippen molar-refractivity contribution in [2.75, 3.05) is 13.7 Å². The van der Waals surface area contributed by atoms with Crippen LogP contribution in [0.15, 0.2) is 18.2 Å². The molecule has 2 N–H and O–H groups in total. The lowest BCUT2D eigenvalue weighted by atomic mass is 10.0. The molecule has 0 radical (unpaired) electrons. The van der Waals surface area contributed by atoms with Crippen molar-refractivity contribution >= 4 is 0 Å². The molecule has 0 saturated heterocycles. The minimum absolute atomic E-state index is 0.0823. The second kappa shape index (κ2) is 3.26. The van der Waals surface area contributed by atoms with Crippen molar-refractivity contribution in [1.82, 2.24) is 0 Å². The zero-order valence-corrected chi connectivity index (χ0v) is 7.62. The minimum Gasteiger partial charge on any atom is -0.493 e. The first-order valence-corrected chi connectivity index (χ1v) is 4.38. The van der Waals surface area contributed by atoms with Gasteiger partial charge in [-0.2, -0.15) is 0 Å². The van der Waals surface area contributed by atoms with E-state index in [0.717, 1.165) is 23.5 Å². The third-order valence-electron chi connectivity index (χ3n) is 2.30. The second-order valence-corrected chi connectivity index (χ2v) is 3.12. The molecule has 1 aliphatic rings. The first-order valence-electron chi connectivity index (χ1n) is 4.38. The average Bonchev–Trinajstić information content (AvgIpc) is 2.18. The third kappa shape index (κ3) is 1.35. The van der Waals surface area contributed by atoms with E-state index in [0.29, 0.717) is 6.61 Å². The van der Waals surface area contributed by atoms with Gasteiger partial charge in [-0.25, -0.2) is 0 Å². The zero-order valence-electron chi connectivity index (χ0n) is 7.62. The quantitative estimate of drug-likeness (QED) is 0.710. The highest BCUT2D eigenvalue weighted by Crippen LogP contribution is 2.37. The number of methoxy groups -OCH3 is 1. The molecule has 3 heteroatoms. The van der Waals surface area contributed by atoms with E-state index >= 15 is 0 Å². The molecule has 0 saturated carbocycles. The van der Waals surface area contributed by atoms with Crippen LogP contribution in [0.3, 0.4) is 0 Å². The molecule has 1 aromatic carbocycles. The van der Waals surface area contributed by atoms with Crippen LogP contribution in [-0.4, -0.2) is 13.7 Å². The molecule has 3 nitrogen and oxygen atoms in total. The van der Waals surface area contributed by atoms with Gasteiger partial charge in [0.2, 0.25) is 0 Å². The Kier molecular flexibility index (Phi) is 2.10. The molecule has 0 unspecified atom stereocenters. The summed E-state index contributed by atoms with van der Waals surface area (Å²) in [5.74, 6) is 1.58. The topological polar surface area (TPSA) is 44.5 Å². The van der Waals surface area contributed by atoms with Gasteiger partial charge in [-0.1, -0.05) is 12.1 Å². The van der Waals surface area contributed by atoms with Gasteiger partial charge in [0.05, 0.1) is 13.7 Å². The van der Waals surface area contributed by atoms with Crippen LogP contribution in [0.1, 0.15) is 18.0 Å². The molecular weight excluding hydrogens is 166 g/mol. The Balaban J connectivity index is 2.48. The summed E-state index contributed by atoms with van der Waals surface area (Å²) in [5.41, 5.74) is 6.98. The Bertz CT molecular complexity index is 312. The smallest absolute Gasteiger partial charge is 0.165 e. The van der Waals surface area contributed by atoms with Crippen molar-refractivity contribution in [3.63, 3.8) is 0 Å². The van der Waals surface area contributed by atoms with E-state index in [1.807, 2.05) is 18.2 Å². The van der Waals surface area contributed by atoms with E-state index in [2.05, 4.69) is 0 Å². The van der Waals surface area contributed by atoms with Crippen molar-refractivity contribution in [2.45, 2.75) is 12.5 Å². The van der Waals surface area contributed by atoms with Crippen molar-refractivity contribution < 1.29 is 9.47 Å². The van der Waals surface area contributed by atoms with Crippen molar-refractivity contribution in [3.8, 4) is 11.5 Å². The number of hydrogen-bond donors (Lipinski definition) is 1. The van der Waals surface area contributed by atoms with Gasteiger partial charge < -0.3 is 15.2 Å². The Hall–Kier alpha value is -1.22. The summed E-state index contributed by atoms with van der Waals surface area (Å²) in [6, 6.07) is 5.89. The molecule has 0 spiro atoms. The maximum absolute atomic E-state index is 5.93. The van der Waals surface area contributed by atoms with Crippen LogP contribution in [0.2, 0.25) is 0 Å². The molecule has 1 aliphatic heterocycles. The first-order chi connectivity index (χ1) is 6.33. The molecule has 70 valence electrons. The van der Waals surface area contributed by atoms with Gasteiger partial charge >= 0.3 is 0 Å². The van der Waals surface area contributed by atoms with Gasteiger partial charge in [0.15, 0.2) is 11.5 Å². The van der Waals surface area contributed by atoms with Gasteiger partial charge in [-0.3, -0.25) is 0 Å². The first kappa shape index (κ1) is 8.38. The summed E-state index contributed by atoms with van der Waals surface area (Å²) in [4.78, 5) is 0. The van der Waals surface area contributed by atoms with Crippen molar-refractivity contribution in [3.05, 3.63) is 23.8 Å². The van der Waals surface area contributed by atoms with E-state index < -0.39 is 0 Å². The highest BCUT2D eigenvalue weighted by atomic mass is 16.5. The van der Waals surface area contributed by atoms with E-state index in [4.69, 9.17) is 15.2 Å². The maximum Gasteiger partial charge on any atom is 0.165 e. The molecular formula is C10H13NO2. The summed E-state index contributed by atoms with van der Waals surface area (Å²) in [6.45, 7) is 0.675. The predicted molar refractivity (Wildman–Crippen MR) is 50.0 cm³/mol. The third-order valence-corrected chi connectivity index (χ3v) is 2.30. The van der Waals surface area contributed by atoms with Crippen LogP contribution in [-0.2, 0) is 0 Å². The molecule has 13 heavy (non-hydrogen) atoms. The van der Waals surface area contributed by atoms with Gasteiger partial charge in [-0.05, 0) is 6.07 Å². The number of rotatable bonds is 1. The van der Waals surface area contributed by atoms with Gasteiger partial charge in [-0.15, -0.1) is 0 Å². The fourth-order valence-electron chi connectivity index (χ4n) is 1.58. The van der Waals surface area contributed by atoms with Crippen LogP contribution >= 0.6 is 0 Å². The molecule has 1 aromatic rings. The number of benzene rings is 1. The summed E-state index contributed by atoms with van der Waals surface area (Å²) in [7, 11) is 1.64. The molecule has 2 rings (SSSR count). The Morgan fingerprint density at radius 2 is 2.38 bits per heavy atom. The van der Waals surface area contributed by atoms with E-state index in [1.165, 1.54) is 0 Å². The summed E-state index contributed by atoms with van der Waals surface area (Å²) in [5, 5.41) is 0. The zero-order chi connectivity index (χ0) is 9.26. The van der Waals surface area contributed by atoms with E-state index in [1.54, 1.807) is 7.11 Å².